The van der Waals surface area contributed by atoms with E-state index in [1.807, 2.05) is 12.1 Å². The average Bonchev–Trinajstić information content (AvgIpc) is 3.09. The Hall–Kier alpha value is -1.82. The van der Waals surface area contributed by atoms with Crippen LogP contribution in [0.3, 0.4) is 0 Å². The summed E-state index contributed by atoms with van der Waals surface area (Å²) < 4.78 is 0. The van der Waals surface area contributed by atoms with Crippen LogP contribution in [0.25, 0.3) is 0 Å². The number of rotatable bonds is 5. The molecule has 1 atom stereocenters. The summed E-state index contributed by atoms with van der Waals surface area (Å²) in [4.78, 5) is 13.4. The van der Waals surface area contributed by atoms with Crippen LogP contribution in [0.15, 0.2) is 18.7 Å². The molecule has 0 amide bonds. The zero-order chi connectivity index (χ0) is 16.3. The van der Waals surface area contributed by atoms with Crippen LogP contribution >= 0.6 is 0 Å². The first kappa shape index (κ1) is 16.1. The number of aromatic nitrogens is 2. The quantitative estimate of drug-likeness (QED) is 0.807. The van der Waals surface area contributed by atoms with Crippen LogP contribution in [-0.2, 0) is 0 Å². The summed E-state index contributed by atoms with van der Waals surface area (Å²) in [5.74, 6) is 2.13. The number of anilines is 3. The first-order valence-electron chi connectivity index (χ1n) is 8.52. The molecular weight excluding hydrogens is 290 g/mol. The Morgan fingerprint density at radius 1 is 1.17 bits per heavy atom. The summed E-state index contributed by atoms with van der Waals surface area (Å²) in [5.41, 5.74) is 5.83. The Morgan fingerprint density at radius 3 is 2.48 bits per heavy atom. The highest BCUT2D eigenvalue weighted by atomic mass is 16.3. The Labute approximate surface area is 138 Å². The van der Waals surface area contributed by atoms with Gasteiger partial charge in [0.1, 0.15) is 11.6 Å². The molecule has 0 saturated carbocycles. The van der Waals surface area contributed by atoms with Gasteiger partial charge in [0.15, 0.2) is 0 Å². The van der Waals surface area contributed by atoms with Crippen molar-refractivity contribution in [1.82, 2.24) is 9.97 Å². The molecule has 0 unspecified atom stereocenters. The van der Waals surface area contributed by atoms with Gasteiger partial charge in [-0.1, -0.05) is 6.08 Å². The zero-order valence-electron chi connectivity index (χ0n) is 13.7. The molecule has 0 spiro atoms. The van der Waals surface area contributed by atoms with Crippen molar-refractivity contribution in [2.24, 2.45) is 5.41 Å². The highest BCUT2D eigenvalue weighted by Crippen LogP contribution is 2.36. The Kier molecular flexibility index (Phi) is 4.71. The molecule has 0 bridgehead atoms. The van der Waals surface area contributed by atoms with Crippen LogP contribution in [0.5, 0.6) is 0 Å². The van der Waals surface area contributed by atoms with Crippen molar-refractivity contribution in [2.75, 3.05) is 48.3 Å². The third-order valence-electron chi connectivity index (χ3n) is 5.04. The fourth-order valence-electron chi connectivity index (χ4n) is 3.78. The van der Waals surface area contributed by atoms with Crippen LogP contribution < -0.4 is 15.5 Å². The lowest BCUT2D eigenvalue weighted by atomic mass is 9.78. The molecule has 6 nitrogen and oxygen atoms in total. The molecule has 3 N–H and O–H groups in total. The predicted octanol–water partition coefficient (Wildman–Crippen LogP) is 1.81. The Balaban J connectivity index is 1.84. The van der Waals surface area contributed by atoms with Crippen molar-refractivity contribution >= 4 is 17.6 Å². The minimum Gasteiger partial charge on any atom is -0.396 e. The summed E-state index contributed by atoms with van der Waals surface area (Å²) in [6.45, 7) is 7.81. The normalized spacial score (nSPS) is 24.9. The van der Waals surface area contributed by atoms with Gasteiger partial charge in [-0.3, -0.25) is 0 Å². The van der Waals surface area contributed by atoms with Crippen molar-refractivity contribution in [3.63, 3.8) is 0 Å². The van der Waals surface area contributed by atoms with Crippen molar-refractivity contribution in [1.29, 1.82) is 0 Å². The molecule has 6 heteroatoms. The van der Waals surface area contributed by atoms with Gasteiger partial charge < -0.3 is 20.6 Å². The van der Waals surface area contributed by atoms with E-state index in [-0.39, 0.29) is 12.0 Å². The van der Waals surface area contributed by atoms with Crippen LogP contribution in [0.1, 0.15) is 32.1 Å². The van der Waals surface area contributed by atoms with E-state index >= 15 is 0 Å². The third kappa shape index (κ3) is 3.42. The van der Waals surface area contributed by atoms with Gasteiger partial charge in [-0.2, -0.15) is 9.97 Å². The number of piperidine rings is 1. The van der Waals surface area contributed by atoms with E-state index in [9.17, 15) is 5.11 Å². The maximum atomic E-state index is 9.88. The molecule has 126 valence electrons. The van der Waals surface area contributed by atoms with Crippen molar-refractivity contribution < 1.29 is 5.11 Å². The summed E-state index contributed by atoms with van der Waals surface area (Å²) in [5, 5.41) is 9.88. The fourth-order valence-corrected chi connectivity index (χ4v) is 3.78. The molecule has 2 aliphatic heterocycles. The first-order chi connectivity index (χ1) is 11.2. The second-order valence-corrected chi connectivity index (χ2v) is 6.81. The van der Waals surface area contributed by atoms with Gasteiger partial charge in [0.05, 0.1) is 6.61 Å². The van der Waals surface area contributed by atoms with E-state index < -0.39 is 0 Å². The predicted molar refractivity (Wildman–Crippen MR) is 93.7 cm³/mol. The van der Waals surface area contributed by atoms with E-state index in [0.29, 0.717) is 5.95 Å². The molecule has 1 aromatic rings. The number of nitrogens with zero attached hydrogens (tertiary/aromatic N) is 4. The number of nitrogen functional groups attached to an aromatic ring is 1. The molecule has 3 rings (SSSR count). The zero-order valence-corrected chi connectivity index (χ0v) is 13.7. The van der Waals surface area contributed by atoms with Crippen molar-refractivity contribution in [3.8, 4) is 0 Å². The number of nitrogens with two attached hydrogens (primary N) is 1. The maximum Gasteiger partial charge on any atom is 0.223 e. The molecular formula is C17H27N5O. The number of allylic oxidation sites excluding steroid dienone is 1. The van der Waals surface area contributed by atoms with E-state index in [0.717, 1.165) is 57.1 Å². The highest BCUT2D eigenvalue weighted by Gasteiger charge is 2.34. The highest BCUT2D eigenvalue weighted by molar-refractivity contribution is 5.54. The van der Waals surface area contributed by atoms with E-state index in [1.54, 1.807) is 0 Å². The van der Waals surface area contributed by atoms with Gasteiger partial charge >= 0.3 is 0 Å². The Morgan fingerprint density at radius 2 is 1.83 bits per heavy atom. The summed E-state index contributed by atoms with van der Waals surface area (Å²) in [6.07, 6.45) is 7.19. The van der Waals surface area contributed by atoms with Gasteiger partial charge in [0.2, 0.25) is 5.95 Å². The third-order valence-corrected chi connectivity index (χ3v) is 5.04. The second-order valence-electron chi connectivity index (χ2n) is 6.81. The molecule has 0 aliphatic carbocycles. The lowest BCUT2D eigenvalue weighted by molar-refractivity contribution is 0.108. The monoisotopic (exact) mass is 317 g/mol. The summed E-state index contributed by atoms with van der Waals surface area (Å²) in [6, 6.07) is 2.04. The molecule has 0 aromatic carbocycles. The number of aliphatic hydroxyl groups excluding tert-OH is 1. The van der Waals surface area contributed by atoms with Gasteiger partial charge in [-0.25, -0.2) is 0 Å². The lowest BCUT2D eigenvalue weighted by Crippen LogP contribution is -2.45. The topological polar surface area (TPSA) is 78.5 Å². The molecule has 1 aromatic heterocycles. The smallest absolute Gasteiger partial charge is 0.223 e. The van der Waals surface area contributed by atoms with E-state index in [1.165, 1.54) is 12.8 Å². The lowest BCUT2D eigenvalue weighted by Gasteiger charge is -2.42. The minimum atomic E-state index is -0.118. The van der Waals surface area contributed by atoms with Crippen LogP contribution in [0.4, 0.5) is 17.6 Å². The molecule has 23 heavy (non-hydrogen) atoms. The van der Waals surface area contributed by atoms with Crippen molar-refractivity contribution in [3.05, 3.63) is 18.7 Å². The van der Waals surface area contributed by atoms with Gasteiger partial charge in [-0.15, -0.1) is 6.58 Å². The first-order valence-corrected chi connectivity index (χ1v) is 8.52. The summed E-state index contributed by atoms with van der Waals surface area (Å²) >= 11 is 0. The Bertz CT molecular complexity index is 558. The average molecular weight is 317 g/mol. The van der Waals surface area contributed by atoms with E-state index in [4.69, 9.17) is 5.73 Å². The largest absolute Gasteiger partial charge is 0.396 e. The molecule has 2 aliphatic rings. The van der Waals surface area contributed by atoms with Crippen LogP contribution in [0, 0.1) is 5.41 Å². The summed E-state index contributed by atoms with van der Waals surface area (Å²) in [7, 11) is 0. The fraction of sp³-hybridized carbons (Fsp3) is 0.647. The standard InChI is InChI=1S/C17H27N5O/c1-2-6-17(13-23)7-5-10-22(12-17)15-11-14(19-16(18)20-15)21-8-3-4-9-21/h2,11,23H,1,3-10,12-13H2,(H2,18,19,20)/t17-/m1/s1. The molecule has 2 fully saturated rings. The van der Waals surface area contributed by atoms with Crippen LogP contribution in [0.2, 0.25) is 0 Å². The molecule has 0 radical (unpaired) electrons. The number of aliphatic hydroxyl groups is 1. The molecule has 3 heterocycles. The number of hydrogen-bond donors (Lipinski definition) is 2. The van der Waals surface area contributed by atoms with Crippen LogP contribution in [-0.4, -0.2) is 47.9 Å². The van der Waals surface area contributed by atoms with Gasteiger partial charge in [-0.05, 0) is 32.1 Å². The number of hydrogen-bond acceptors (Lipinski definition) is 6. The van der Waals surface area contributed by atoms with Crippen molar-refractivity contribution in [2.45, 2.75) is 32.1 Å². The SMILES string of the molecule is C=CC[C@@]1(CO)CCCN(c2cc(N3CCCC3)nc(N)n2)C1. The van der Waals surface area contributed by atoms with E-state index in [2.05, 4.69) is 26.3 Å². The second kappa shape index (κ2) is 6.74. The maximum absolute atomic E-state index is 9.88. The van der Waals surface area contributed by atoms with Gasteiger partial charge in [0, 0.05) is 37.7 Å². The minimum absolute atomic E-state index is 0.118. The molecule has 2 saturated heterocycles. The van der Waals surface area contributed by atoms with Gasteiger partial charge in [0.25, 0.3) is 0 Å².